The van der Waals surface area contributed by atoms with Gasteiger partial charge in [0, 0.05) is 24.6 Å². The molecule has 0 amide bonds. The molecule has 1 aliphatic heterocycles. The average molecular weight is 290 g/mol. The Kier molecular flexibility index (Phi) is 4.20. The SMILES string of the molecule is Cc1cc(CNCC2CCCO2)sc1Br. The summed E-state index contributed by atoms with van der Waals surface area (Å²) >= 11 is 5.35. The highest BCUT2D eigenvalue weighted by Gasteiger charge is 2.14. The van der Waals surface area contributed by atoms with E-state index in [1.807, 2.05) is 11.3 Å². The summed E-state index contributed by atoms with van der Waals surface area (Å²) in [6, 6.07) is 2.23. The molecule has 15 heavy (non-hydrogen) atoms. The molecule has 0 bridgehead atoms. The van der Waals surface area contributed by atoms with Gasteiger partial charge in [0.25, 0.3) is 0 Å². The van der Waals surface area contributed by atoms with Gasteiger partial charge in [-0.05, 0) is 47.3 Å². The molecule has 2 nitrogen and oxygen atoms in total. The lowest BCUT2D eigenvalue weighted by Crippen LogP contribution is -2.25. The smallest absolute Gasteiger partial charge is 0.0730 e. The first-order valence-electron chi connectivity index (χ1n) is 5.33. The molecule has 4 heteroatoms. The van der Waals surface area contributed by atoms with Crippen molar-refractivity contribution in [3.63, 3.8) is 0 Å². The van der Waals surface area contributed by atoms with Crippen LogP contribution in [0.2, 0.25) is 0 Å². The number of halogens is 1. The Labute approximate surface area is 103 Å². The number of hydrogen-bond acceptors (Lipinski definition) is 3. The normalized spacial score (nSPS) is 21.1. The third kappa shape index (κ3) is 3.28. The second-order valence-corrected chi connectivity index (χ2v) is 6.39. The van der Waals surface area contributed by atoms with Crippen LogP contribution in [0.25, 0.3) is 0 Å². The predicted molar refractivity (Wildman–Crippen MR) is 67.4 cm³/mol. The molecule has 1 aliphatic rings. The highest BCUT2D eigenvalue weighted by Crippen LogP contribution is 2.27. The van der Waals surface area contributed by atoms with Crippen molar-refractivity contribution in [1.29, 1.82) is 0 Å². The maximum atomic E-state index is 5.55. The standard InChI is InChI=1S/C11H16BrNOS/c1-8-5-10(15-11(8)12)7-13-6-9-3-2-4-14-9/h5,9,13H,2-4,6-7H2,1H3. The van der Waals surface area contributed by atoms with Gasteiger partial charge in [0.1, 0.15) is 0 Å². The van der Waals surface area contributed by atoms with E-state index < -0.39 is 0 Å². The van der Waals surface area contributed by atoms with Crippen molar-refractivity contribution in [2.45, 2.75) is 32.4 Å². The first-order chi connectivity index (χ1) is 7.25. The van der Waals surface area contributed by atoms with Crippen LogP contribution < -0.4 is 5.32 Å². The van der Waals surface area contributed by atoms with Crippen LogP contribution in [-0.2, 0) is 11.3 Å². The second-order valence-electron chi connectivity index (χ2n) is 3.94. The number of aryl methyl sites for hydroxylation is 1. The molecule has 0 spiro atoms. The van der Waals surface area contributed by atoms with Gasteiger partial charge in [-0.3, -0.25) is 0 Å². The molecule has 1 saturated heterocycles. The van der Waals surface area contributed by atoms with E-state index in [-0.39, 0.29) is 0 Å². The van der Waals surface area contributed by atoms with Crippen molar-refractivity contribution in [3.05, 3.63) is 20.3 Å². The number of hydrogen-bond donors (Lipinski definition) is 1. The van der Waals surface area contributed by atoms with Crippen LogP contribution in [0.15, 0.2) is 9.85 Å². The Balaban J connectivity index is 1.73. The minimum absolute atomic E-state index is 0.439. The highest BCUT2D eigenvalue weighted by molar-refractivity contribution is 9.11. The molecule has 1 N–H and O–H groups in total. The average Bonchev–Trinajstić information content (AvgIpc) is 2.79. The molecule has 0 aliphatic carbocycles. The van der Waals surface area contributed by atoms with Crippen molar-refractivity contribution in [2.24, 2.45) is 0 Å². The maximum absolute atomic E-state index is 5.55. The Hall–Kier alpha value is 0.100. The summed E-state index contributed by atoms with van der Waals surface area (Å²) < 4.78 is 6.80. The quantitative estimate of drug-likeness (QED) is 0.920. The Morgan fingerprint density at radius 3 is 3.13 bits per heavy atom. The molecule has 1 unspecified atom stereocenters. The molecular formula is C11H16BrNOS. The largest absolute Gasteiger partial charge is 0.377 e. The van der Waals surface area contributed by atoms with Crippen LogP contribution in [0.1, 0.15) is 23.3 Å². The zero-order chi connectivity index (χ0) is 10.7. The summed E-state index contributed by atoms with van der Waals surface area (Å²) in [4.78, 5) is 1.39. The minimum Gasteiger partial charge on any atom is -0.377 e. The third-order valence-corrected chi connectivity index (χ3v) is 4.74. The van der Waals surface area contributed by atoms with Gasteiger partial charge in [-0.1, -0.05) is 0 Å². The van der Waals surface area contributed by atoms with Gasteiger partial charge in [-0.15, -0.1) is 11.3 Å². The van der Waals surface area contributed by atoms with Crippen molar-refractivity contribution in [2.75, 3.05) is 13.2 Å². The molecule has 2 rings (SSSR count). The molecule has 1 fully saturated rings. The topological polar surface area (TPSA) is 21.3 Å². The molecule has 1 atom stereocenters. The van der Waals surface area contributed by atoms with Crippen LogP contribution in [-0.4, -0.2) is 19.3 Å². The molecule has 84 valence electrons. The third-order valence-electron chi connectivity index (χ3n) is 2.60. The van der Waals surface area contributed by atoms with E-state index in [1.54, 1.807) is 0 Å². The Morgan fingerprint density at radius 1 is 1.67 bits per heavy atom. The maximum Gasteiger partial charge on any atom is 0.0730 e. The van der Waals surface area contributed by atoms with Gasteiger partial charge in [-0.2, -0.15) is 0 Å². The lowest BCUT2D eigenvalue weighted by Gasteiger charge is -2.09. The van der Waals surface area contributed by atoms with E-state index in [2.05, 4.69) is 34.2 Å². The van der Waals surface area contributed by atoms with Gasteiger partial charge < -0.3 is 10.1 Å². The van der Waals surface area contributed by atoms with E-state index >= 15 is 0 Å². The van der Waals surface area contributed by atoms with Gasteiger partial charge >= 0.3 is 0 Å². The monoisotopic (exact) mass is 289 g/mol. The molecule has 1 aromatic heterocycles. The van der Waals surface area contributed by atoms with Crippen molar-refractivity contribution < 1.29 is 4.74 Å². The summed E-state index contributed by atoms with van der Waals surface area (Å²) in [6.07, 6.45) is 2.87. The van der Waals surface area contributed by atoms with Crippen molar-refractivity contribution >= 4 is 27.3 Å². The van der Waals surface area contributed by atoms with E-state index in [1.165, 1.54) is 27.1 Å². The second kappa shape index (κ2) is 5.43. The fourth-order valence-corrected chi connectivity index (χ4v) is 3.37. The Bertz CT molecular complexity index is 301. The van der Waals surface area contributed by atoms with Gasteiger partial charge in [0.2, 0.25) is 0 Å². The summed E-state index contributed by atoms with van der Waals surface area (Å²) in [5.74, 6) is 0. The van der Waals surface area contributed by atoms with E-state index in [4.69, 9.17) is 4.74 Å². The highest BCUT2D eigenvalue weighted by atomic mass is 79.9. The van der Waals surface area contributed by atoms with Gasteiger partial charge in [0.15, 0.2) is 0 Å². The lowest BCUT2D eigenvalue weighted by molar-refractivity contribution is 0.110. The molecule has 0 radical (unpaired) electrons. The van der Waals surface area contributed by atoms with Crippen LogP contribution in [0.5, 0.6) is 0 Å². The van der Waals surface area contributed by atoms with E-state index in [0.717, 1.165) is 19.7 Å². The molecule has 1 aromatic rings. The zero-order valence-electron chi connectivity index (χ0n) is 8.88. The van der Waals surface area contributed by atoms with Crippen molar-refractivity contribution in [3.8, 4) is 0 Å². The minimum atomic E-state index is 0.439. The predicted octanol–water partition coefficient (Wildman–Crippen LogP) is 3.09. The summed E-state index contributed by atoms with van der Waals surface area (Å²) in [5.41, 5.74) is 1.33. The number of nitrogens with one attached hydrogen (secondary N) is 1. The lowest BCUT2D eigenvalue weighted by atomic mass is 10.2. The number of ether oxygens (including phenoxy) is 1. The van der Waals surface area contributed by atoms with Gasteiger partial charge in [-0.25, -0.2) is 0 Å². The van der Waals surface area contributed by atoms with Gasteiger partial charge in [0.05, 0.1) is 9.89 Å². The number of rotatable bonds is 4. The molecule has 0 saturated carbocycles. The first-order valence-corrected chi connectivity index (χ1v) is 6.94. The summed E-state index contributed by atoms with van der Waals surface area (Å²) in [6.45, 7) is 5.01. The fourth-order valence-electron chi connectivity index (χ4n) is 1.77. The number of thiophene rings is 1. The summed E-state index contributed by atoms with van der Waals surface area (Å²) in [7, 11) is 0. The van der Waals surface area contributed by atoms with Crippen molar-refractivity contribution in [1.82, 2.24) is 5.32 Å². The van der Waals surface area contributed by atoms with E-state index in [0.29, 0.717) is 6.10 Å². The van der Waals surface area contributed by atoms with Crippen LogP contribution in [0, 0.1) is 6.92 Å². The van der Waals surface area contributed by atoms with Crippen LogP contribution >= 0.6 is 27.3 Å². The van der Waals surface area contributed by atoms with Crippen LogP contribution in [0.4, 0.5) is 0 Å². The zero-order valence-corrected chi connectivity index (χ0v) is 11.3. The molecule has 2 heterocycles. The first kappa shape index (κ1) is 11.6. The molecular weight excluding hydrogens is 274 g/mol. The van der Waals surface area contributed by atoms with Crippen LogP contribution in [0.3, 0.4) is 0 Å². The summed E-state index contributed by atoms with van der Waals surface area (Å²) in [5, 5.41) is 3.45. The fraction of sp³-hybridized carbons (Fsp3) is 0.636. The Morgan fingerprint density at radius 2 is 2.53 bits per heavy atom. The van der Waals surface area contributed by atoms with E-state index in [9.17, 15) is 0 Å². The molecule has 0 aromatic carbocycles.